The normalized spacial score (nSPS) is 18.9. The van der Waals surface area contributed by atoms with E-state index in [1.165, 1.54) is 4.90 Å². The molecule has 14 nitrogen and oxygen atoms in total. The third-order valence-corrected chi connectivity index (χ3v) is 14.2. The third-order valence-electron chi connectivity index (χ3n) is 12.3. The summed E-state index contributed by atoms with van der Waals surface area (Å²) in [6.07, 6.45) is 5.04. The minimum Gasteiger partial charge on any atom is -0.496 e. The highest BCUT2D eigenvalue weighted by atomic mass is 35.5. The molecule has 16 heteroatoms. The zero-order chi connectivity index (χ0) is 42.8. The molecule has 0 spiro atoms. The predicted molar refractivity (Wildman–Crippen MR) is 233 cm³/mol. The van der Waals surface area contributed by atoms with Gasteiger partial charge in [0.1, 0.15) is 30.5 Å². The molecule has 3 aromatic carbocycles. The molecule has 61 heavy (non-hydrogen) atoms. The van der Waals surface area contributed by atoms with Crippen LogP contribution in [0.15, 0.2) is 66.9 Å². The average Bonchev–Trinajstić information content (AvgIpc) is 3.60. The van der Waals surface area contributed by atoms with Crippen LogP contribution in [0.3, 0.4) is 0 Å². The smallest absolute Gasteiger partial charge is 0.260 e. The van der Waals surface area contributed by atoms with Gasteiger partial charge in [-0.1, -0.05) is 48.0 Å². The summed E-state index contributed by atoms with van der Waals surface area (Å²) in [5, 5.41) is 3.64. The van der Waals surface area contributed by atoms with E-state index in [1.807, 2.05) is 29.2 Å². The molecule has 3 saturated heterocycles. The van der Waals surface area contributed by atoms with Crippen LogP contribution in [-0.4, -0.2) is 127 Å². The quantitative estimate of drug-likeness (QED) is 0.158. The van der Waals surface area contributed by atoms with E-state index in [4.69, 9.17) is 26.1 Å². The first-order chi connectivity index (χ1) is 29.4. The summed E-state index contributed by atoms with van der Waals surface area (Å²) in [4.78, 5) is 68.2. The fourth-order valence-electron chi connectivity index (χ4n) is 9.01. The van der Waals surface area contributed by atoms with Crippen LogP contribution in [-0.2, 0) is 38.3 Å². The van der Waals surface area contributed by atoms with E-state index < -0.39 is 19.1 Å². The van der Waals surface area contributed by atoms with Crippen molar-refractivity contribution in [2.45, 2.75) is 57.2 Å². The SMILES string of the molecule is COc1cc(N2CCC(N3CCN(C(=O)COc4cccc5c4CN(C4CCC(=O)NC4=O)C5=O)CC3)CC2)ccc1Cc1ncc(Cl)c(Cc2ccccc2P(C)(C)=O)n1. The number of hydrogen-bond donors (Lipinski definition) is 1. The Morgan fingerprint density at radius 1 is 0.902 bits per heavy atom. The van der Waals surface area contributed by atoms with Crippen molar-refractivity contribution >= 4 is 53.4 Å². The summed E-state index contributed by atoms with van der Waals surface area (Å²) in [5.41, 5.74) is 4.82. The maximum atomic E-state index is 13.3. The number of ether oxygens (including phenoxy) is 2. The summed E-state index contributed by atoms with van der Waals surface area (Å²) in [7, 11) is -0.805. The molecule has 0 bridgehead atoms. The Morgan fingerprint density at radius 2 is 1.67 bits per heavy atom. The Labute approximate surface area is 360 Å². The fourth-order valence-corrected chi connectivity index (χ4v) is 10.5. The summed E-state index contributed by atoms with van der Waals surface area (Å²) in [5.74, 6) is 0.672. The van der Waals surface area contributed by atoms with Crippen LogP contribution in [0.5, 0.6) is 11.5 Å². The molecule has 4 aliphatic heterocycles. The zero-order valence-corrected chi connectivity index (χ0v) is 36.4. The van der Waals surface area contributed by atoms with Gasteiger partial charge >= 0.3 is 0 Å². The molecular weight excluding hydrogens is 817 g/mol. The molecule has 0 saturated carbocycles. The van der Waals surface area contributed by atoms with Crippen molar-refractivity contribution in [3.63, 3.8) is 0 Å². The van der Waals surface area contributed by atoms with Crippen molar-refractivity contribution in [1.29, 1.82) is 0 Å². The van der Waals surface area contributed by atoms with Crippen molar-refractivity contribution in [2.24, 2.45) is 0 Å². The van der Waals surface area contributed by atoms with E-state index >= 15 is 0 Å². The van der Waals surface area contributed by atoms with Crippen LogP contribution >= 0.6 is 18.7 Å². The molecule has 8 rings (SSSR count). The molecule has 4 amide bonds. The van der Waals surface area contributed by atoms with E-state index in [-0.39, 0.29) is 43.7 Å². The molecule has 320 valence electrons. The fraction of sp³-hybridized carbons (Fsp3) is 0.422. The first-order valence-corrected chi connectivity index (χ1v) is 23.8. The van der Waals surface area contributed by atoms with E-state index in [0.29, 0.717) is 65.4 Å². The number of halogens is 1. The van der Waals surface area contributed by atoms with Crippen LogP contribution in [0, 0.1) is 0 Å². The number of piperidine rings is 2. The van der Waals surface area contributed by atoms with Crippen molar-refractivity contribution in [2.75, 3.05) is 71.2 Å². The number of rotatable bonds is 12. The van der Waals surface area contributed by atoms with Gasteiger partial charge in [0.05, 0.1) is 24.4 Å². The molecule has 5 heterocycles. The standard InChI is InChI=1S/C45H51ClN7O7P/c1-59-39-25-32(12-11-29(39)24-41-47-26-35(46)36(48-41)23-30-7-4-5-10-40(30)61(2,3)58)50-17-15-31(16-18-50)51-19-21-52(22-20-51)43(55)28-60-38-9-6-8-33-34(38)27-53(45(33)57)37-13-14-42(54)49-44(37)56/h4-12,25-26,31,37H,13-24,27-28H2,1-3H3,(H,49,54,56). The minimum atomic E-state index is -2.48. The number of benzene rings is 3. The maximum Gasteiger partial charge on any atom is 0.260 e. The molecule has 1 N–H and O–H groups in total. The van der Waals surface area contributed by atoms with Crippen molar-refractivity contribution in [3.8, 4) is 11.5 Å². The van der Waals surface area contributed by atoms with Crippen LogP contribution < -0.4 is 25.0 Å². The molecule has 4 aromatic rings. The van der Waals surface area contributed by atoms with Crippen molar-refractivity contribution in [3.05, 3.63) is 106 Å². The first-order valence-electron chi connectivity index (χ1n) is 20.8. The van der Waals surface area contributed by atoms with Crippen LogP contribution in [0.25, 0.3) is 0 Å². The number of aromatic nitrogens is 2. The van der Waals surface area contributed by atoms with Gasteiger partial charge in [0.25, 0.3) is 11.8 Å². The van der Waals surface area contributed by atoms with E-state index in [9.17, 15) is 23.7 Å². The lowest BCUT2D eigenvalue weighted by Gasteiger charge is -2.43. The molecule has 1 aromatic heterocycles. The molecule has 4 aliphatic rings. The highest BCUT2D eigenvalue weighted by Gasteiger charge is 2.40. The van der Waals surface area contributed by atoms with Gasteiger partial charge in [-0.15, -0.1) is 0 Å². The van der Waals surface area contributed by atoms with Gasteiger partial charge in [0, 0.05) is 105 Å². The Balaban J connectivity index is 0.813. The second-order valence-electron chi connectivity index (χ2n) is 16.5. The lowest BCUT2D eigenvalue weighted by atomic mass is 10.0. The summed E-state index contributed by atoms with van der Waals surface area (Å²) in [6, 6.07) is 18.9. The van der Waals surface area contributed by atoms with Gasteiger partial charge in [0.15, 0.2) is 6.61 Å². The minimum absolute atomic E-state index is 0.106. The first kappa shape index (κ1) is 42.4. The maximum absolute atomic E-state index is 13.3. The van der Waals surface area contributed by atoms with E-state index in [1.54, 1.807) is 44.8 Å². The monoisotopic (exact) mass is 867 g/mol. The zero-order valence-electron chi connectivity index (χ0n) is 34.8. The second kappa shape index (κ2) is 18.0. The number of fused-ring (bicyclic) bond motifs is 1. The van der Waals surface area contributed by atoms with Crippen molar-refractivity contribution in [1.82, 2.24) is 30.0 Å². The molecule has 3 fully saturated rings. The summed E-state index contributed by atoms with van der Waals surface area (Å²) < 4.78 is 24.8. The van der Waals surface area contributed by atoms with Crippen molar-refractivity contribution < 1.29 is 33.2 Å². The second-order valence-corrected chi connectivity index (χ2v) is 20.1. The molecule has 1 atom stereocenters. The molecule has 0 aliphatic carbocycles. The lowest BCUT2D eigenvalue weighted by Crippen LogP contribution is -2.55. The Bertz CT molecular complexity index is 2390. The van der Waals surface area contributed by atoms with Gasteiger partial charge in [-0.05, 0) is 56.4 Å². The number of imide groups is 1. The number of piperazine rings is 1. The van der Waals surface area contributed by atoms with E-state index in [2.05, 4.69) is 38.3 Å². The van der Waals surface area contributed by atoms with Gasteiger partial charge in [-0.25, -0.2) is 9.97 Å². The van der Waals surface area contributed by atoms with Gasteiger partial charge < -0.3 is 28.7 Å². The number of anilines is 1. The number of carbonyl (C=O) groups is 4. The van der Waals surface area contributed by atoms with Crippen LogP contribution in [0.2, 0.25) is 5.02 Å². The molecular formula is C45H51ClN7O7P. The number of hydrogen-bond acceptors (Lipinski definition) is 11. The number of amides is 4. The van der Waals surface area contributed by atoms with Crippen LogP contribution in [0.1, 0.15) is 64.2 Å². The molecule has 1 unspecified atom stereocenters. The Kier molecular flexibility index (Phi) is 12.5. The summed E-state index contributed by atoms with van der Waals surface area (Å²) >= 11 is 6.56. The van der Waals surface area contributed by atoms with Gasteiger partial charge in [-0.3, -0.25) is 29.4 Å². The van der Waals surface area contributed by atoms with E-state index in [0.717, 1.165) is 66.9 Å². The van der Waals surface area contributed by atoms with Gasteiger partial charge in [-0.2, -0.15) is 0 Å². The topological polar surface area (TPSA) is 155 Å². The Hall–Kier alpha value is -5.30. The number of methoxy groups -OCH3 is 1. The number of nitrogens with one attached hydrogen (secondary N) is 1. The van der Waals surface area contributed by atoms with Gasteiger partial charge in [0.2, 0.25) is 11.8 Å². The number of carbonyl (C=O) groups excluding carboxylic acids is 4. The highest BCUT2D eigenvalue weighted by Crippen LogP contribution is 2.37. The Morgan fingerprint density at radius 3 is 2.41 bits per heavy atom. The molecule has 0 radical (unpaired) electrons. The largest absolute Gasteiger partial charge is 0.496 e. The average molecular weight is 868 g/mol. The highest BCUT2D eigenvalue weighted by molar-refractivity contribution is 7.70. The lowest BCUT2D eigenvalue weighted by molar-refractivity contribution is -0.137. The summed E-state index contributed by atoms with van der Waals surface area (Å²) in [6.45, 7) is 8.19. The number of nitrogens with zero attached hydrogens (tertiary/aromatic N) is 6. The third kappa shape index (κ3) is 9.32. The van der Waals surface area contributed by atoms with Crippen LogP contribution in [0.4, 0.5) is 5.69 Å². The predicted octanol–water partition coefficient (Wildman–Crippen LogP) is 4.52.